The SMILES string of the molecule is Cc1ccc(CN2CCC(c3ccc4c(c3)CC(C(=O)N3CCN(Cc5ccc(C(F)(F)F)cc5)CC3)=N4)CC2)cn1. The molecule has 0 atom stereocenters. The molecule has 6 nitrogen and oxygen atoms in total. The quantitative estimate of drug-likeness (QED) is 0.375. The van der Waals surface area contributed by atoms with E-state index in [4.69, 9.17) is 4.99 Å². The number of carbonyl (C=O) groups is 1. The lowest BCUT2D eigenvalue weighted by Crippen LogP contribution is -2.50. The summed E-state index contributed by atoms with van der Waals surface area (Å²) < 4.78 is 38.5. The molecule has 0 N–H and O–H groups in total. The first kappa shape index (κ1) is 28.6. The number of carbonyl (C=O) groups excluding carboxylic acids is 1. The summed E-state index contributed by atoms with van der Waals surface area (Å²) in [4.78, 5) is 29.0. The van der Waals surface area contributed by atoms with Gasteiger partial charge in [-0.2, -0.15) is 13.2 Å². The summed E-state index contributed by atoms with van der Waals surface area (Å²) in [6.07, 6.45) is 0.437. The van der Waals surface area contributed by atoms with Crippen molar-refractivity contribution in [2.24, 2.45) is 4.99 Å². The number of hydrogen-bond donors (Lipinski definition) is 0. The molecule has 6 rings (SSSR count). The summed E-state index contributed by atoms with van der Waals surface area (Å²) in [6, 6.07) is 16.1. The first-order chi connectivity index (χ1) is 20.2. The van der Waals surface area contributed by atoms with Crippen molar-refractivity contribution < 1.29 is 18.0 Å². The first-order valence-electron chi connectivity index (χ1n) is 14.7. The summed E-state index contributed by atoms with van der Waals surface area (Å²) in [6.45, 7) is 8.14. The number of aliphatic imine (C=N–C) groups is 1. The van der Waals surface area contributed by atoms with Crippen LogP contribution in [0.2, 0.25) is 0 Å². The second kappa shape index (κ2) is 12.0. The van der Waals surface area contributed by atoms with E-state index in [0.29, 0.717) is 50.8 Å². The number of halogens is 3. The van der Waals surface area contributed by atoms with E-state index < -0.39 is 11.7 Å². The van der Waals surface area contributed by atoms with Gasteiger partial charge in [0.05, 0.1) is 11.3 Å². The summed E-state index contributed by atoms with van der Waals surface area (Å²) in [5.41, 5.74) is 6.46. The van der Waals surface area contributed by atoms with Gasteiger partial charge in [0.25, 0.3) is 5.91 Å². The predicted molar refractivity (Wildman–Crippen MR) is 157 cm³/mol. The molecule has 3 aromatic rings. The minimum atomic E-state index is -4.33. The summed E-state index contributed by atoms with van der Waals surface area (Å²) in [7, 11) is 0. The third kappa shape index (κ3) is 6.57. The van der Waals surface area contributed by atoms with E-state index >= 15 is 0 Å². The highest BCUT2D eigenvalue weighted by Gasteiger charge is 2.31. The number of aryl methyl sites for hydroxylation is 1. The lowest BCUT2D eigenvalue weighted by Gasteiger charge is -2.34. The van der Waals surface area contributed by atoms with E-state index in [1.807, 2.05) is 18.0 Å². The van der Waals surface area contributed by atoms with Gasteiger partial charge in [0.1, 0.15) is 5.71 Å². The molecule has 0 radical (unpaired) electrons. The Hall–Kier alpha value is -3.56. The number of hydrogen-bond acceptors (Lipinski definition) is 5. The molecule has 0 saturated carbocycles. The van der Waals surface area contributed by atoms with E-state index in [1.54, 1.807) is 0 Å². The summed E-state index contributed by atoms with van der Waals surface area (Å²) in [5.74, 6) is 0.501. The zero-order valence-corrected chi connectivity index (χ0v) is 23.9. The minimum absolute atomic E-state index is 0.0131. The van der Waals surface area contributed by atoms with E-state index in [9.17, 15) is 18.0 Å². The van der Waals surface area contributed by atoms with Crippen LogP contribution in [0, 0.1) is 6.92 Å². The van der Waals surface area contributed by atoms with Crippen LogP contribution in [0.15, 0.2) is 65.8 Å². The Labute approximate surface area is 244 Å². The minimum Gasteiger partial charge on any atom is -0.335 e. The number of nitrogens with zero attached hydrogens (tertiary/aromatic N) is 5. The van der Waals surface area contributed by atoms with Gasteiger partial charge in [0.15, 0.2) is 0 Å². The van der Waals surface area contributed by atoms with Crippen molar-refractivity contribution >= 4 is 17.3 Å². The molecule has 0 spiro atoms. The van der Waals surface area contributed by atoms with Crippen molar-refractivity contribution in [1.82, 2.24) is 19.7 Å². The molecular weight excluding hydrogens is 539 g/mol. The molecule has 2 aromatic carbocycles. The van der Waals surface area contributed by atoms with E-state index in [2.05, 4.69) is 45.1 Å². The molecule has 3 aliphatic rings. The Morgan fingerprint density at radius 3 is 2.19 bits per heavy atom. The van der Waals surface area contributed by atoms with Crippen molar-refractivity contribution in [3.63, 3.8) is 0 Å². The van der Waals surface area contributed by atoms with Crippen molar-refractivity contribution in [1.29, 1.82) is 0 Å². The van der Waals surface area contributed by atoms with Crippen LogP contribution in [0.4, 0.5) is 18.9 Å². The van der Waals surface area contributed by atoms with Crippen LogP contribution in [-0.4, -0.2) is 70.6 Å². The number of alkyl halides is 3. The van der Waals surface area contributed by atoms with Gasteiger partial charge in [0.2, 0.25) is 0 Å². The fourth-order valence-electron chi connectivity index (χ4n) is 6.22. The Kier molecular flexibility index (Phi) is 8.14. The molecule has 3 aliphatic heterocycles. The van der Waals surface area contributed by atoms with Gasteiger partial charge in [-0.1, -0.05) is 30.3 Å². The third-order valence-electron chi connectivity index (χ3n) is 8.75. The fraction of sp³-hybridized carbons (Fsp3) is 0.424. The largest absolute Gasteiger partial charge is 0.416 e. The molecule has 0 aliphatic carbocycles. The second-order valence-electron chi connectivity index (χ2n) is 11.7. The Balaban J connectivity index is 0.979. The topological polar surface area (TPSA) is 52.0 Å². The number of piperidine rings is 1. The zero-order chi connectivity index (χ0) is 29.3. The van der Waals surface area contributed by atoms with E-state index in [0.717, 1.165) is 67.1 Å². The van der Waals surface area contributed by atoms with Gasteiger partial charge in [-0.25, -0.2) is 4.99 Å². The maximum atomic E-state index is 13.3. The van der Waals surface area contributed by atoms with Crippen LogP contribution in [0.25, 0.3) is 0 Å². The molecule has 42 heavy (non-hydrogen) atoms. The van der Waals surface area contributed by atoms with Crippen LogP contribution in [-0.2, 0) is 30.5 Å². The second-order valence-corrected chi connectivity index (χ2v) is 11.7. The van der Waals surface area contributed by atoms with Crippen molar-refractivity contribution in [3.05, 3.63) is 94.3 Å². The highest BCUT2D eigenvalue weighted by molar-refractivity contribution is 6.40. The Morgan fingerprint density at radius 2 is 1.52 bits per heavy atom. The number of rotatable bonds is 6. The molecule has 4 heterocycles. The number of fused-ring (bicyclic) bond motifs is 1. The highest BCUT2D eigenvalue weighted by Crippen LogP contribution is 2.35. The van der Waals surface area contributed by atoms with Crippen molar-refractivity contribution in [2.45, 2.75) is 51.4 Å². The molecule has 9 heteroatoms. The number of piperazine rings is 1. The van der Waals surface area contributed by atoms with Crippen molar-refractivity contribution in [3.8, 4) is 0 Å². The van der Waals surface area contributed by atoms with Crippen LogP contribution < -0.4 is 0 Å². The molecule has 1 aromatic heterocycles. The number of likely N-dealkylation sites (tertiary alicyclic amines) is 1. The van der Waals surface area contributed by atoms with Gasteiger partial charge in [-0.15, -0.1) is 0 Å². The third-order valence-corrected chi connectivity index (χ3v) is 8.75. The maximum absolute atomic E-state index is 13.3. The lowest BCUT2D eigenvalue weighted by molar-refractivity contribution is -0.137. The Morgan fingerprint density at radius 1 is 0.857 bits per heavy atom. The van der Waals surface area contributed by atoms with Gasteiger partial charge in [-0.05, 0) is 85.3 Å². The number of pyridine rings is 1. The zero-order valence-electron chi connectivity index (χ0n) is 23.9. The van der Waals surface area contributed by atoms with E-state index in [-0.39, 0.29) is 5.91 Å². The average molecular weight is 576 g/mol. The Bertz CT molecular complexity index is 1440. The van der Waals surface area contributed by atoms with Crippen LogP contribution >= 0.6 is 0 Å². The van der Waals surface area contributed by atoms with E-state index in [1.165, 1.54) is 23.3 Å². The molecule has 220 valence electrons. The molecular formula is C33H36F3N5O. The molecule has 2 fully saturated rings. The standard InChI is InChI=1S/C33H36F3N5O/c1-23-2-3-25(20-37-23)22-39-12-10-26(11-13-39)27-6-9-30-28(18-27)19-31(38-30)32(42)41-16-14-40(15-17-41)21-24-4-7-29(8-5-24)33(34,35)36/h2-9,18,20,26H,10-17,19,21-22H2,1H3. The normalized spacial score (nSPS) is 18.7. The summed E-state index contributed by atoms with van der Waals surface area (Å²) >= 11 is 0. The van der Waals surface area contributed by atoms with Crippen LogP contribution in [0.1, 0.15) is 52.3 Å². The number of aromatic nitrogens is 1. The maximum Gasteiger partial charge on any atom is 0.416 e. The first-order valence-corrected chi connectivity index (χ1v) is 14.7. The lowest BCUT2D eigenvalue weighted by atomic mass is 9.88. The van der Waals surface area contributed by atoms with Crippen LogP contribution in [0.5, 0.6) is 0 Å². The van der Waals surface area contributed by atoms with Gasteiger partial charge in [-0.3, -0.25) is 19.6 Å². The summed E-state index contributed by atoms with van der Waals surface area (Å²) in [5, 5.41) is 0. The average Bonchev–Trinajstić information content (AvgIpc) is 3.42. The van der Waals surface area contributed by atoms with Gasteiger partial charge >= 0.3 is 6.18 Å². The van der Waals surface area contributed by atoms with Gasteiger partial charge < -0.3 is 4.90 Å². The number of amides is 1. The van der Waals surface area contributed by atoms with Crippen molar-refractivity contribution in [2.75, 3.05) is 39.3 Å². The van der Waals surface area contributed by atoms with Gasteiger partial charge in [0, 0.05) is 57.6 Å². The molecule has 1 amide bonds. The number of benzene rings is 2. The smallest absolute Gasteiger partial charge is 0.335 e. The molecule has 0 unspecified atom stereocenters. The highest BCUT2D eigenvalue weighted by atomic mass is 19.4. The van der Waals surface area contributed by atoms with Crippen LogP contribution in [0.3, 0.4) is 0 Å². The molecule has 2 saturated heterocycles. The predicted octanol–water partition coefficient (Wildman–Crippen LogP) is 5.76. The molecule has 0 bridgehead atoms. The monoisotopic (exact) mass is 575 g/mol. The fourth-order valence-corrected chi connectivity index (χ4v) is 6.22.